The van der Waals surface area contributed by atoms with Gasteiger partial charge in [-0.25, -0.2) is 0 Å². The smallest absolute Gasteiger partial charge is 0.242 e. The van der Waals surface area contributed by atoms with E-state index < -0.39 is 5.54 Å². The fraction of sp³-hybridized carbons (Fsp3) is 0.933. The summed E-state index contributed by atoms with van der Waals surface area (Å²) in [6.45, 7) is 6.41. The molecular formula is C15H28N2O. The topological polar surface area (TPSA) is 46.3 Å². The Kier molecular flexibility index (Phi) is 4.00. The summed E-state index contributed by atoms with van der Waals surface area (Å²) in [7, 11) is 0. The molecule has 2 N–H and O–H groups in total. The molecule has 0 atom stereocenters. The first-order valence-corrected chi connectivity index (χ1v) is 7.51. The lowest BCUT2D eigenvalue weighted by atomic mass is 9.81. The molecule has 3 heteroatoms. The fourth-order valence-corrected chi connectivity index (χ4v) is 3.34. The third kappa shape index (κ3) is 3.05. The van der Waals surface area contributed by atoms with Crippen LogP contribution in [0.2, 0.25) is 0 Å². The minimum atomic E-state index is -0.549. The van der Waals surface area contributed by atoms with Gasteiger partial charge in [0.1, 0.15) is 0 Å². The Morgan fingerprint density at radius 2 is 1.61 bits per heavy atom. The number of rotatable bonds is 1. The van der Waals surface area contributed by atoms with Crippen molar-refractivity contribution in [3.8, 4) is 0 Å². The second-order valence-electron chi connectivity index (χ2n) is 7.03. The Morgan fingerprint density at radius 3 is 2.28 bits per heavy atom. The number of nitrogens with two attached hydrogens (primary N) is 1. The summed E-state index contributed by atoms with van der Waals surface area (Å²) >= 11 is 0. The van der Waals surface area contributed by atoms with E-state index in [2.05, 4.69) is 13.8 Å². The van der Waals surface area contributed by atoms with E-state index in [-0.39, 0.29) is 5.91 Å². The van der Waals surface area contributed by atoms with Crippen LogP contribution in [0.25, 0.3) is 0 Å². The lowest BCUT2D eigenvalue weighted by Crippen LogP contribution is -2.56. The van der Waals surface area contributed by atoms with Gasteiger partial charge < -0.3 is 10.6 Å². The summed E-state index contributed by atoms with van der Waals surface area (Å²) in [5, 5.41) is 0. The molecule has 0 radical (unpaired) electrons. The average Bonchev–Trinajstić information content (AvgIpc) is 2.50. The van der Waals surface area contributed by atoms with Crippen molar-refractivity contribution in [1.82, 2.24) is 4.90 Å². The predicted octanol–water partition coefficient (Wildman–Crippen LogP) is 2.69. The minimum absolute atomic E-state index is 0.222. The SMILES string of the molecule is CC1(C)CCCN(C(=O)C2(N)CCCCC2)CC1. The molecule has 104 valence electrons. The quantitative estimate of drug-likeness (QED) is 0.780. The Balaban J connectivity index is 2.00. The van der Waals surface area contributed by atoms with Gasteiger partial charge in [-0.15, -0.1) is 0 Å². The molecule has 2 aliphatic rings. The van der Waals surface area contributed by atoms with Gasteiger partial charge in [-0.05, 0) is 37.5 Å². The molecular weight excluding hydrogens is 224 g/mol. The second-order valence-corrected chi connectivity index (χ2v) is 7.03. The average molecular weight is 252 g/mol. The first-order valence-electron chi connectivity index (χ1n) is 7.51. The largest absolute Gasteiger partial charge is 0.341 e. The van der Waals surface area contributed by atoms with Gasteiger partial charge >= 0.3 is 0 Å². The number of hydrogen-bond donors (Lipinski definition) is 1. The van der Waals surface area contributed by atoms with Crippen LogP contribution < -0.4 is 5.73 Å². The van der Waals surface area contributed by atoms with Crippen LogP contribution in [0, 0.1) is 5.41 Å². The molecule has 0 aromatic heterocycles. The van der Waals surface area contributed by atoms with Crippen molar-refractivity contribution in [1.29, 1.82) is 0 Å². The number of hydrogen-bond acceptors (Lipinski definition) is 2. The molecule has 0 unspecified atom stereocenters. The van der Waals surface area contributed by atoms with E-state index in [0.29, 0.717) is 5.41 Å². The van der Waals surface area contributed by atoms with Gasteiger partial charge in [0, 0.05) is 13.1 Å². The highest BCUT2D eigenvalue weighted by Gasteiger charge is 2.39. The molecule has 1 aliphatic heterocycles. The monoisotopic (exact) mass is 252 g/mol. The molecule has 2 fully saturated rings. The van der Waals surface area contributed by atoms with E-state index in [4.69, 9.17) is 5.73 Å². The van der Waals surface area contributed by atoms with Gasteiger partial charge in [0.15, 0.2) is 0 Å². The van der Waals surface area contributed by atoms with Crippen LogP contribution in [0.5, 0.6) is 0 Å². The van der Waals surface area contributed by atoms with Crippen molar-refractivity contribution >= 4 is 5.91 Å². The summed E-state index contributed by atoms with van der Waals surface area (Å²) in [4.78, 5) is 14.7. The standard InChI is InChI=1S/C15H28N2O/c1-14(2)7-6-11-17(12-10-14)13(18)15(16)8-4-3-5-9-15/h3-12,16H2,1-2H3. The number of carbonyl (C=O) groups excluding carboxylic acids is 1. The molecule has 0 aromatic rings. The third-order valence-electron chi connectivity index (χ3n) is 4.80. The first-order chi connectivity index (χ1) is 8.43. The zero-order chi connectivity index (χ0) is 13.2. The van der Waals surface area contributed by atoms with Gasteiger partial charge in [-0.1, -0.05) is 33.1 Å². The molecule has 3 nitrogen and oxygen atoms in total. The van der Waals surface area contributed by atoms with Crippen LogP contribution in [0.1, 0.15) is 65.2 Å². The van der Waals surface area contributed by atoms with Crippen molar-refractivity contribution < 1.29 is 4.79 Å². The second kappa shape index (κ2) is 5.20. The number of nitrogens with zero attached hydrogens (tertiary/aromatic N) is 1. The van der Waals surface area contributed by atoms with Crippen LogP contribution in [-0.4, -0.2) is 29.4 Å². The van der Waals surface area contributed by atoms with Crippen molar-refractivity contribution in [2.75, 3.05) is 13.1 Å². The van der Waals surface area contributed by atoms with Crippen molar-refractivity contribution in [3.63, 3.8) is 0 Å². The molecule has 1 aliphatic carbocycles. The van der Waals surface area contributed by atoms with E-state index in [1.807, 2.05) is 4.90 Å². The Labute approximate surface area is 111 Å². The van der Waals surface area contributed by atoms with E-state index >= 15 is 0 Å². The zero-order valence-corrected chi connectivity index (χ0v) is 12.0. The molecule has 1 saturated heterocycles. The zero-order valence-electron chi connectivity index (χ0n) is 12.0. The highest BCUT2D eigenvalue weighted by molar-refractivity contribution is 5.86. The van der Waals surface area contributed by atoms with Crippen molar-refractivity contribution in [2.45, 2.75) is 70.8 Å². The Morgan fingerprint density at radius 1 is 0.944 bits per heavy atom. The summed E-state index contributed by atoms with van der Waals surface area (Å²) in [5.41, 5.74) is 6.19. The molecule has 0 spiro atoms. The maximum atomic E-state index is 12.6. The maximum absolute atomic E-state index is 12.6. The molecule has 18 heavy (non-hydrogen) atoms. The molecule has 2 rings (SSSR count). The van der Waals surface area contributed by atoms with Gasteiger partial charge in [0.2, 0.25) is 5.91 Å². The summed E-state index contributed by atoms with van der Waals surface area (Å²) in [6, 6.07) is 0. The number of carbonyl (C=O) groups is 1. The summed E-state index contributed by atoms with van der Waals surface area (Å²) in [6.07, 6.45) is 8.66. The number of likely N-dealkylation sites (tertiary alicyclic amines) is 1. The Hall–Kier alpha value is -0.570. The van der Waals surface area contributed by atoms with Gasteiger partial charge in [-0.2, -0.15) is 0 Å². The highest BCUT2D eigenvalue weighted by Crippen LogP contribution is 2.32. The van der Waals surface area contributed by atoms with Crippen LogP contribution in [-0.2, 0) is 4.79 Å². The highest BCUT2D eigenvalue weighted by atomic mass is 16.2. The number of amides is 1. The van der Waals surface area contributed by atoms with E-state index in [9.17, 15) is 4.79 Å². The molecule has 1 amide bonds. The van der Waals surface area contributed by atoms with Crippen LogP contribution in [0.15, 0.2) is 0 Å². The molecule has 1 saturated carbocycles. The van der Waals surface area contributed by atoms with Crippen LogP contribution in [0.3, 0.4) is 0 Å². The maximum Gasteiger partial charge on any atom is 0.242 e. The minimum Gasteiger partial charge on any atom is -0.341 e. The molecule has 0 bridgehead atoms. The van der Waals surface area contributed by atoms with Gasteiger partial charge in [0.25, 0.3) is 0 Å². The fourth-order valence-electron chi connectivity index (χ4n) is 3.34. The Bertz CT molecular complexity index is 306. The normalized spacial score (nSPS) is 27.6. The van der Waals surface area contributed by atoms with Crippen LogP contribution in [0.4, 0.5) is 0 Å². The summed E-state index contributed by atoms with van der Waals surface area (Å²) < 4.78 is 0. The van der Waals surface area contributed by atoms with Gasteiger partial charge in [0.05, 0.1) is 5.54 Å². The van der Waals surface area contributed by atoms with Crippen molar-refractivity contribution in [2.24, 2.45) is 11.1 Å². The van der Waals surface area contributed by atoms with E-state index in [0.717, 1.165) is 51.6 Å². The lowest BCUT2D eigenvalue weighted by molar-refractivity contribution is -0.138. The lowest BCUT2D eigenvalue weighted by Gasteiger charge is -2.36. The summed E-state index contributed by atoms with van der Waals surface area (Å²) in [5.74, 6) is 0.222. The van der Waals surface area contributed by atoms with E-state index in [1.54, 1.807) is 0 Å². The van der Waals surface area contributed by atoms with E-state index in [1.165, 1.54) is 12.8 Å². The first kappa shape index (κ1) is 13.9. The molecule has 1 heterocycles. The van der Waals surface area contributed by atoms with Crippen LogP contribution >= 0.6 is 0 Å². The van der Waals surface area contributed by atoms with Crippen molar-refractivity contribution in [3.05, 3.63) is 0 Å². The predicted molar refractivity (Wildman–Crippen MR) is 74.2 cm³/mol. The van der Waals surface area contributed by atoms with Gasteiger partial charge in [-0.3, -0.25) is 4.79 Å². The third-order valence-corrected chi connectivity index (χ3v) is 4.80. The molecule has 0 aromatic carbocycles.